The number of hydrogen-bond donors (Lipinski definition) is 2. The van der Waals surface area contributed by atoms with E-state index in [0.717, 1.165) is 0 Å². The molecule has 0 aliphatic carbocycles. The summed E-state index contributed by atoms with van der Waals surface area (Å²) in [4.78, 5) is 13.4. The van der Waals surface area contributed by atoms with Gasteiger partial charge in [0.15, 0.2) is 5.84 Å². The van der Waals surface area contributed by atoms with Crippen LogP contribution in [0.15, 0.2) is 35.5 Å². The standard InChI is InChI=1S/C12H15N3O4/c13-11(14-17)10-8-15(6-7-18-10)12(16)19-9-4-2-1-3-5-9/h1-5,10,17H,6-8H2,(H2,13,14). The van der Waals surface area contributed by atoms with Crippen molar-refractivity contribution in [1.82, 2.24) is 4.90 Å². The van der Waals surface area contributed by atoms with Crippen LogP contribution in [0.5, 0.6) is 5.75 Å². The van der Waals surface area contributed by atoms with E-state index < -0.39 is 12.2 Å². The maximum Gasteiger partial charge on any atom is 0.415 e. The van der Waals surface area contributed by atoms with Crippen LogP contribution in [0.1, 0.15) is 0 Å². The van der Waals surface area contributed by atoms with Crippen LogP contribution in [-0.2, 0) is 4.74 Å². The van der Waals surface area contributed by atoms with E-state index in [1.54, 1.807) is 24.3 Å². The van der Waals surface area contributed by atoms with Crippen LogP contribution >= 0.6 is 0 Å². The SMILES string of the molecule is NC(=NO)C1CN(C(=O)Oc2ccccc2)CCO1. The third-order valence-corrected chi connectivity index (χ3v) is 2.72. The topological polar surface area (TPSA) is 97.4 Å². The molecule has 0 aromatic heterocycles. The summed E-state index contributed by atoms with van der Waals surface area (Å²) in [5, 5.41) is 11.5. The van der Waals surface area contributed by atoms with E-state index in [0.29, 0.717) is 18.9 Å². The van der Waals surface area contributed by atoms with Crippen LogP contribution < -0.4 is 10.5 Å². The van der Waals surface area contributed by atoms with E-state index in [2.05, 4.69) is 5.16 Å². The lowest BCUT2D eigenvalue weighted by Crippen LogP contribution is -2.51. The third-order valence-electron chi connectivity index (χ3n) is 2.72. The monoisotopic (exact) mass is 265 g/mol. The molecule has 7 nitrogen and oxygen atoms in total. The van der Waals surface area contributed by atoms with Gasteiger partial charge in [0, 0.05) is 6.54 Å². The Morgan fingerprint density at radius 2 is 2.21 bits per heavy atom. The first-order chi connectivity index (χ1) is 9.20. The van der Waals surface area contributed by atoms with Gasteiger partial charge in [0.1, 0.15) is 11.9 Å². The molecule has 102 valence electrons. The van der Waals surface area contributed by atoms with Gasteiger partial charge in [-0.25, -0.2) is 4.79 Å². The fourth-order valence-electron chi connectivity index (χ4n) is 1.71. The van der Waals surface area contributed by atoms with Gasteiger partial charge in [0.05, 0.1) is 13.2 Å². The number of nitrogens with two attached hydrogens (primary N) is 1. The average molecular weight is 265 g/mol. The molecule has 1 aliphatic rings. The number of morpholine rings is 1. The quantitative estimate of drug-likeness (QED) is 0.354. The van der Waals surface area contributed by atoms with Gasteiger partial charge in [-0.05, 0) is 12.1 Å². The zero-order valence-corrected chi connectivity index (χ0v) is 10.2. The van der Waals surface area contributed by atoms with Crippen molar-refractivity contribution in [3.63, 3.8) is 0 Å². The molecule has 3 N–H and O–H groups in total. The first kappa shape index (κ1) is 13.2. The molecule has 1 aromatic rings. The zero-order valence-electron chi connectivity index (χ0n) is 10.2. The van der Waals surface area contributed by atoms with Crippen LogP contribution in [-0.4, -0.2) is 47.8 Å². The van der Waals surface area contributed by atoms with Crippen LogP contribution in [0.3, 0.4) is 0 Å². The number of carbonyl (C=O) groups is 1. The smallest absolute Gasteiger partial charge is 0.410 e. The predicted molar refractivity (Wildman–Crippen MR) is 67.2 cm³/mol. The third kappa shape index (κ3) is 3.35. The van der Waals surface area contributed by atoms with E-state index in [9.17, 15) is 4.79 Å². The maximum absolute atomic E-state index is 11.9. The molecule has 1 aromatic carbocycles. The number of amidine groups is 1. The van der Waals surface area contributed by atoms with Crippen LogP contribution in [0.25, 0.3) is 0 Å². The summed E-state index contributed by atoms with van der Waals surface area (Å²) in [6.07, 6.45) is -1.09. The minimum Gasteiger partial charge on any atom is -0.410 e. The van der Waals surface area contributed by atoms with Gasteiger partial charge in [-0.1, -0.05) is 23.4 Å². The van der Waals surface area contributed by atoms with Crippen molar-refractivity contribution in [3.8, 4) is 5.75 Å². The first-order valence-corrected chi connectivity index (χ1v) is 5.81. The number of ether oxygens (including phenoxy) is 2. The summed E-state index contributed by atoms with van der Waals surface area (Å²) in [5.74, 6) is 0.413. The van der Waals surface area contributed by atoms with Gasteiger partial charge in [-0.15, -0.1) is 0 Å². The minimum atomic E-state index is -0.609. The molecule has 7 heteroatoms. The normalized spacial score (nSPS) is 20.1. The summed E-state index contributed by atoms with van der Waals surface area (Å²) >= 11 is 0. The highest BCUT2D eigenvalue weighted by Gasteiger charge is 2.28. The highest BCUT2D eigenvalue weighted by Crippen LogP contribution is 2.12. The Labute approximate surface area is 110 Å². The summed E-state index contributed by atoms with van der Waals surface area (Å²) in [7, 11) is 0. The number of amides is 1. The second kappa shape index (κ2) is 6.05. The number of hydrogen-bond acceptors (Lipinski definition) is 5. The number of nitrogens with zero attached hydrogens (tertiary/aromatic N) is 2. The number of carbonyl (C=O) groups excluding carboxylic acids is 1. The van der Waals surface area contributed by atoms with Crippen LogP contribution in [0, 0.1) is 0 Å². The lowest BCUT2D eigenvalue weighted by molar-refractivity contribution is 0.0113. The van der Waals surface area contributed by atoms with Gasteiger partial charge >= 0.3 is 6.09 Å². The van der Waals surface area contributed by atoms with E-state index in [1.165, 1.54) is 4.90 Å². The van der Waals surface area contributed by atoms with E-state index in [4.69, 9.17) is 20.4 Å². The van der Waals surface area contributed by atoms with Crippen molar-refractivity contribution in [2.75, 3.05) is 19.7 Å². The van der Waals surface area contributed by atoms with Crippen molar-refractivity contribution in [3.05, 3.63) is 30.3 Å². The van der Waals surface area contributed by atoms with Gasteiger partial charge in [-0.2, -0.15) is 0 Å². The summed E-state index contributed by atoms with van der Waals surface area (Å²) < 4.78 is 10.5. The summed E-state index contributed by atoms with van der Waals surface area (Å²) in [5.41, 5.74) is 5.46. The van der Waals surface area contributed by atoms with Crippen molar-refractivity contribution in [2.45, 2.75) is 6.10 Å². The number of oxime groups is 1. The predicted octanol–water partition coefficient (Wildman–Crippen LogP) is 0.633. The van der Waals surface area contributed by atoms with Gasteiger partial charge in [-0.3, -0.25) is 0 Å². The molecule has 0 radical (unpaired) electrons. The Bertz CT molecular complexity index is 463. The Balaban J connectivity index is 1.96. The lowest BCUT2D eigenvalue weighted by atomic mass is 10.2. The fourth-order valence-corrected chi connectivity index (χ4v) is 1.71. The van der Waals surface area contributed by atoms with E-state index in [-0.39, 0.29) is 12.4 Å². The molecule has 1 saturated heterocycles. The van der Waals surface area contributed by atoms with Crippen molar-refractivity contribution < 1.29 is 19.5 Å². The lowest BCUT2D eigenvalue weighted by Gasteiger charge is -2.31. The number of benzene rings is 1. The molecule has 0 saturated carbocycles. The molecule has 0 spiro atoms. The van der Waals surface area contributed by atoms with Crippen molar-refractivity contribution in [2.24, 2.45) is 10.9 Å². The van der Waals surface area contributed by atoms with E-state index in [1.807, 2.05) is 6.07 Å². The summed E-state index contributed by atoms with van der Waals surface area (Å²) in [6.45, 7) is 0.910. The molecule has 1 aliphatic heterocycles. The van der Waals surface area contributed by atoms with Crippen molar-refractivity contribution in [1.29, 1.82) is 0 Å². The zero-order chi connectivity index (χ0) is 13.7. The fraction of sp³-hybridized carbons (Fsp3) is 0.333. The molecular formula is C12H15N3O4. The highest BCUT2D eigenvalue weighted by atomic mass is 16.6. The molecule has 1 heterocycles. The second-order valence-corrected chi connectivity index (χ2v) is 4.01. The van der Waals surface area contributed by atoms with Gasteiger partial charge < -0.3 is 25.3 Å². The molecule has 1 atom stereocenters. The van der Waals surface area contributed by atoms with Crippen molar-refractivity contribution >= 4 is 11.9 Å². The largest absolute Gasteiger partial charge is 0.415 e. The van der Waals surface area contributed by atoms with Crippen LogP contribution in [0.2, 0.25) is 0 Å². The molecule has 1 unspecified atom stereocenters. The van der Waals surface area contributed by atoms with E-state index >= 15 is 0 Å². The second-order valence-electron chi connectivity index (χ2n) is 4.01. The Kier molecular flexibility index (Phi) is 4.19. The highest BCUT2D eigenvalue weighted by molar-refractivity contribution is 5.85. The summed E-state index contributed by atoms with van der Waals surface area (Å²) in [6, 6.07) is 8.78. The van der Waals surface area contributed by atoms with Gasteiger partial charge in [0.2, 0.25) is 0 Å². The Morgan fingerprint density at radius 3 is 2.89 bits per heavy atom. The average Bonchev–Trinajstić information content (AvgIpc) is 2.47. The Morgan fingerprint density at radius 1 is 1.47 bits per heavy atom. The molecule has 0 bridgehead atoms. The molecular weight excluding hydrogens is 250 g/mol. The molecule has 2 rings (SSSR count). The Hall–Kier alpha value is -2.28. The maximum atomic E-state index is 11.9. The number of para-hydroxylation sites is 1. The number of rotatable bonds is 2. The molecule has 19 heavy (non-hydrogen) atoms. The van der Waals surface area contributed by atoms with Gasteiger partial charge in [0.25, 0.3) is 0 Å². The van der Waals surface area contributed by atoms with Crippen LogP contribution in [0.4, 0.5) is 4.79 Å². The molecule has 1 amide bonds. The minimum absolute atomic E-state index is 0.0581. The first-order valence-electron chi connectivity index (χ1n) is 5.81. The molecule has 1 fully saturated rings.